The maximum atomic E-state index is 5.31. The zero-order chi connectivity index (χ0) is 12.6. The normalized spacial score (nSPS) is 21.1. The molecule has 0 aromatic carbocycles. The molecule has 0 aromatic rings. The third kappa shape index (κ3) is 4.02. The first-order chi connectivity index (χ1) is 8.90. The summed E-state index contributed by atoms with van der Waals surface area (Å²) < 4.78 is 5.31. The molecule has 0 atom stereocenters. The van der Waals surface area contributed by atoms with Crippen molar-refractivity contribution in [1.29, 1.82) is 0 Å². The fourth-order valence-electron chi connectivity index (χ4n) is 2.45. The number of aliphatic imine (C=N–C) groups is 1. The van der Waals surface area contributed by atoms with Gasteiger partial charge in [-0.25, -0.2) is 0 Å². The van der Waals surface area contributed by atoms with Gasteiger partial charge in [-0.05, 0) is 32.6 Å². The second-order valence-electron chi connectivity index (χ2n) is 4.87. The van der Waals surface area contributed by atoms with Gasteiger partial charge < -0.3 is 15.0 Å². The smallest absolute Gasteiger partial charge is 0.193 e. The van der Waals surface area contributed by atoms with Crippen LogP contribution in [0, 0.1) is 0 Å². The van der Waals surface area contributed by atoms with E-state index in [4.69, 9.17) is 9.73 Å². The van der Waals surface area contributed by atoms with Crippen molar-refractivity contribution in [1.82, 2.24) is 10.2 Å². The molecule has 0 unspecified atom stereocenters. The summed E-state index contributed by atoms with van der Waals surface area (Å²) in [5.74, 6) is 1.10. The van der Waals surface area contributed by atoms with E-state index in [1.807, 2.05) is 0 Å². The Labute approximate surface area is 110 Å². The number of nitrogens with zero attached hydrogens (tertiary/aromatic N) is 2. The molecular weight excluding hydrogens is 226 g/mol. The van der Waals surface area contributed by atoms with Crippen molar-refractivity contribution in [3.05, 3.63) is 11.6 Å². The first kappa shape index (κ1) is 13.4. The molecule has 4 heteroatoms. The van der Waals surface area contributed by atoms with E-state index in [2.05, 4.69) is 23.2 Å². The van der Waals surface area contributed by atoms with Gasteiger partial charge in [0.1, 0.15) is 0 Å². The van der Waals surface area contributed by atoms with Gasteiger partial charge in [-0.1, -0.05) is 11.6 Å². The molecule has 0 saturated carbocycles. The zero-order valence-corrected chi connectivity index (χ0v) is 11.5. The van der Waals surface area contributed by atoms with E-state index in [1.54, 1.807) is 0 Å². The average Bonchev–Trinajstić information content (AvgIpc) is 2.93. The highest BCUT2D eigenvalue weighted by Gasteiger charge is 2.15. The third-order valence-electron chi connectivity index (χ3n) is 3.49. The Hall–Kier alpha value is -1.03. The van der Waals surface area contributed by atoms with Gasteiger partial charge in [0.25, 0.3) is 0 Å². The summed E-state index contributed by atoms with van der Waals surface area (Å²) in [5, 5.41) is 3.39. The highest BCUT2D eigenvalue weighted by Crippen LogP contribution is 2.12. The topological polar surface area (TPSA) is 36.9 Å². The van der Waals surface area contributed by atoms with E-state index in [-0.39, 0.29) is 0 Å². The number of ether oxygens (including phenoxy) is 1. The standard InChI is InChI=1S/C14H25N3O/c1-2-15-14(17-9-3-4-10-17)16-8-5-13-6-11-18-12-7-13/h6H,2-5,7-12H2,1H3,(H,15,16). The van der Waals surface area contributed by atoms with E-state index in [0.29, 0.717) is 0 Å². The Bertz CT molecular complexity index is 306. The van der Waals surface area contributed by atoms with Crippen LogP contribution in [-0.2, 0) is 4.74 Å². The Kier molecular flexibility index (Phi) is 5.52. The monoisotopic (exact) mass is 251 g/mol. The van der Waals surface area contributed by atoms with Gasteiger partial charge in [0.05, 0.1) is 13.2 Å². The summed E-state index contributed by atoms with van der Waals surface area (Å²) in [6.45, 7) is 7.95. The second kappa shape index (κ2) is 7.41. The summed E-state index contributed by atoms with van der Waals surface area (Å²) in [6.07, 6.45) is 6.96. The molecule has 0 amide bonds. The molecule has 0 aromatic heterocycles. The van der Waals surface area contributed by atoms with Crippen molar-refractivity contribution in [2.24, 2.45) is 4.99 Å². The van der Waals surface area contributed by atoms with Gasteiger partial charge >= 0.3 is 0 Å². The molecule has 0 radical (unpaired) electrons. The molecule has 0 bridgehead atoms. The summed E-state index contributed by atoms with van der Waals surface area (Å²) in [7, 11) is 0. The largest absolute Gasteiger partial charge is 0.377 e. The molecule has 2 aliphatic rings. The Morgan fingerprint density at radius 3 is 2.94 bits per heavy atom. The summed E-state index contributed by atoms with van der Waals surface area (Å²) in [6, 6.07) is 0. The van der Waals surface area contributed by atoms with Crippen molar-refractivity contribution in [3.8, 4) is 0 Å². The van der Waals surface area contributed by atoms with Gasteiger partial charge in [0, 0.05) is 26.2 Å². The van der Waals surface area contributed by atoms with Crippen LogP contribution in [0.15, 0.2) is 16.6 Å². The number of hydrogen-bond acceptors (Lipinski definition) is 2. The molecule has 4 nitrogen and oxygen atoms in total. The molecule has 102 valence electrons. The molecule has 0 aliphatic carbocycles. The highest BCUT2D eigenvalue weighted by atomic mass is 16.5. The maximum absolute atomic E-state index is 5.31. The minimum atomic E-state index is 0.783. The van der Waals surface area contributed by atoms with E-state index in [9.17, 15) is 0 Å². The molecule has 2 heterocycles. The molecule has 2 aliphatic heterocycles. The van der Waals surface area contributed by atoms with Crippen molar-refractivity contribution in [2.75, 3.05) is 39.4 Å². The first-order valence-corrected chi connectivity index (χ1v) is 7.19. The van der Waals surface area contributed by atoms with Crippen LogP contribution in [-0.4, -0.2) is 50.3 Å². The quantitative estimate of drug-likeness (QED) is 0.470. The van der Waals surface area contributed by atoms with Crippen LogP contribution in [0.25, 0.3) is 0 Å². The van der Waals surface area contributed by atoms with Crippen LogP contribution >= 0.6 is 0 Å². The average molecular weight is 251 g/mol. The van der Waals surface area contributed by atoms with Gasteiger partial charge in [-0.2, -0.15) is 0 Å². The molecule has 2 rings (SSSR count). The van der Waals surface area contributed by atoms with Gasteiger partial charge in [0.2, 0.25) is 0 Å². The SMILES string of the molecule is CCNC(=NCCC1=CCOCC1)N1CCCC1. The Morgan fingerprint density at radius 2 is 2.28 bits per heavy atom. The number of guanidine groups is 1. The van der Waals surface area contributed by atoms with Crippen LogP contribution in [0.5, 0.6) is 0 Å². The fraction of sp³-hybridized carbons (Fsp3) is 0.786. The van der Waals surface area contributed by atoms with Crippen molar-refractivity contribution in [2.45, 2.75) is 32.6 Å². The molecule has 0 spiro atoms. The van der Waals surface area contributed by atoms with Crippen molar-refractivity contribution < 1.29 is 4.74 Å². The van der Waals surface area contributed by atoms with Crippen LogP contribution in [0.1, 0.15) is 32.6 Å². The van der Waals surface area contributed by atoms with Crippen molar-refractivity contribution in [3.63, 3.8) is 0 Å². The van der Waals surface area contributed by atoms with E-state index in [0.717, 1.165) is 58.2 Å². The van der Waals surface area contributed by atoms with Gasteiger partial charge in [0.15, 0.2) is 5.96 Å². The van der Waals surface area contributed by atoms with E-state index in [1.165, 1.54) is 18.4 Å². The van der Waals surface area contributed by atoms with E-state index < -0.39 is 0 Å². The minimum absolute atomic E-state index is 0.783. The molecular formula is C14H25N3O. The van der Waals surface area contributed by atoms with Crippen LogP contribution in [0.4, 0.5) is 0 Å². The predicted octanol–water partition coefficient (Wildman–Crippen LogP) is 1.78. The number of rotatable bonds is 4. The Balaban J connectivity index is 1.81. The summed E-state index contributed by atoms with van der Waals surface area (Å²) >= 11 is 0. The summed E-state index contributed by atoms with van der Waals surface area (Å²) in [5.41, 5.74) is 1.50. The van der Waals surface area contributed by atoms with Crippen molar-refractivity contribution >= 4 is 5.96 Å². The molecule has 18 heavy (non-hydrogen) atoms. The van der Waals surface area contributed by atoms with Crippen LogP contribution in [0.2, 0.25) is 0 Å². The van der Waals surface area contributed by atoms with Gasteiger partial charge in [-0.3, -0.25) is 4.99 Å². The van der Waals surface area contributed by atoms with Gasteiger partial charge in [-0.15, -0.1) is 0 Å². The zero-order valence-electron chi connectivity index (χ0n) is 11.5. The lowest BCUT2D eigenvalue weighted by Gasteiger charge is -2.21. The fourth-order valence-corrected chi connectivity index (χ4v) is 2.45. The number of nitrogens with one attached hydrogen (secondary N) is 1. The summed E-state index contributed by atoms with van der Waals surface area (Å²) in [4.78, 5) is 7.12. The van der Waals surface area contributed by atoms with Crippen LogP contribution in [0.3, 0.4) is 0 Å². The number of likely N-dealkylation sites (tertiary alicyclic amines) is 1. The molecule has 1 fully saturated rings. The lowest BCUT2D eigenvalue weighted by atomic mass is 10.1. The second-order valence-corrected chi connectivity index (χ2v) is 4.87. The molecule has 1 N–H and O–H groups in total. The maximum Gasteiger partial charge on any atom is 0.193 e. The highest BCUT2D eigenvalue weighted by molar-refractivity contribution is 5.80. The lowest BCUT2D eigenvalue weighted by molar-refractivity contribution is 0.153. The predicted molar refractivity (Wildman–Crippen MR) is 74.9 cm³/mol. The third-order valence-corrected chi connectivity index (χ3v) is 3.49. The minimum Gasteiger partial charge on any atom is -0.377 e. The van der Waals surface area contributed by atoms with E-state index >= 15 is 0 Å². The Morgan fingerprint density at radius 1 is 1.44 bits per heavy atom. The number of hydrogen-bond donors (Lipinski definition) is 1. The first-order valence-electron chi connectivity index (χ1n) is 7.19. The lowest BCUT2D eigenvalue weighted by Crippen LogP contribution is -2.39. The van der Waals surface area contributed by atoms with Crippen LogP contribution < -0.4 is 5.32 Å². The molecule has 1 saturated heterocycles.